The van der Waals surface area contributed by atoms with Crippen molar-refractivity contribution >= 4 is 34.4 Å². The van der Waals surface area contributed by atoms with Crippen LogP contribution < -0.4 is 4.74 Å². The van der Waals surface area contributed by atoms with Crippen molar-refractivity contribution in [3.8, 4) is 5.75 Å². The molecule has 1 aromatic heterocycles. The maximum atomic E-state index is 12.6. The van der Waals surface area contributed by atoms with Crippen molar-refractivity contribution in [2.24, 2.45) is 11.8 Å². The SMILES string of the molecule is C[C@@H](O)[C@H]1C(=O)N2C(C(=O)O)=C(COc3cccc4c(CSc5nnnn5CCN(C)C)cccc34)[C@H](C)[C@H]12. The number of β-lactam (4-membered cyclic amide) rings is 1. The minimum atomic E-state index is -1.16. The predicted octanol–water partition coefficient (Wildman–Crippen LogP) is 2.26. The number of carbonyl (C=O) groups excluding carboxylic acids is 1. The van der Waals surface area contributed by atoms with E-state index < -0.39 is 18.0 Å². The van der Waals surface area contributed by atoms with Gasteiger partial charge in [0.05, 0.1) is 24.6 Å². The Bertz CT molecular complexity index is 1440. The van der Waals surface area contributed by atoms with Crippen molar-refractivity contribution in [3.05, 3.63) is 53.2 Å². The molecule has 1 amide bonds. The van der Waals surface area contributed by atoms with E-state index in [1.807, 2.05) is 51.4 Å². The van der Waals surface area contributed by atoms with Gasteiger partial charge in [0.1, 0.15) is 18.1 Å². The molecule has 12 heteroatoms. The van der Waals surface area contributed by atoms with Crippen LogP contribution in [0.5, 0.6) is 5.75 Å². The fraction of sp³-hybridized carbons (Fsp3) is 0.444. The average molecular weight is 553 g/mol. The lowest BCUT2D eigenvalue weighted by Crippen LogP contribution is -2.63. The highest BCUT2D eigenvalue weighted by molar-refractivity contribution is 7.98. The van der Waals surface area contributed by atoms with E-state index in [-0.39, 0.29) is 30.2 Å². The summed E-state index contributed by atoms with van der Waals surface area (Å²) in [5.74, 6) is -1.07. The molecule has 3 aromatic rings. The van der Waals surface area contributed by atoms with Crippen LogP contribution in [0.3, 0.4) is 0 Å². The summed E-state index contributed by atoms with van der Waals surface area (Å²) in [6, 6.07) is 11.4. The topological polar surface area (TPSA) is 134 Å². The second kappa shape index (κ2) is 10.9. The van der Waals surface area contributed by atoms with Crippen molar-refractivity contribution in [2.75, 3.05) is 27.2 Å². The number of carboxylic acid groups (broad SMARTS) is 1. The molecule has 4 atom stereocenters. The number of aliphatic hydroxyl groups excluding tert-OH is 1. The minimum absolute atomic E-state index is 0.0290. The number of nitrogens with zero attached hydrogens (tertiary/aromatic N) is 6. The third kappa shape index (κ3) is 4.99. The van der Waals surface area contributed by atoms with Gasteiger partial charge >= 0.3 is 5.97 Å². The van der Waals surface area contributed by atoms with Crippen LogP contribution in [0.1, 0.15) is 19.4 Å². The van der Waals surface area contributed by atoms with E-state index in [4.69, 9.17) is 4.74 Å². The molecule has 0 saturated carbocycles. The summed E-state index contributed by atoms with van der Waals surface area (Å²) in [4.78, 5) is 28.1. The highest BCUT2D eigenvalue weighted by Crippen LogP contribution is 2.47. The van der Waals surface area contributed by atoms with Gasteiger partial charge in [-0.25, -0.2) is 9.48 Å². The van der Waals surface area contributed by atoms with E-state index in [1.165, 1.54) is 4.90 Å². The summed E-state index contributed by atoms with van der Waals surface area (Å²) in [5.41, 5.74) is 1.62. The van der Waals surface area contributed by atoms with Gasteiger partial charge in [0, 0.05) is 29.2 Å². The van der Waals surface area contributed by atoms with E-state index in [1.54, 1.807) is 23.4 Å². The molecule has 2 aliphatic rings. The molecule has 2 aromatic carbocycles. The molecule has 0 aliphatic carbocycles. The number of thioether (sulfide) groups is 1. The van der Waals surface area contributed by atoms with Crippen LogP contribution in [0, 0.1) is 11.8 Å². The zero-order valence-electron chi connectivity index (χ0n) is 22.3. The maximum Gasteiger partial charge on any atom is 0.352 e. The molecule has 1 saturated heterocycles. The van der Waals surface area contributed by atoms with Crippen molar-refractivity contribution in [1.82, 2.24) is 30.0 Å². The van der Waals surface area contributed by atoms with Crippen LogP contribution in [0.4, 0.5) is 0 Å². The maximum absolute atomic E-state index is 12.6. The average Bonchev–Trinajstić information content (AvgIpc) is 3.44. The number of aromatic nitrogens is 4. The molecule has 0 radical (unpaired) electrons. The van der Waals surface area contributed by atoms with Gasteiger partial charge in [0.2, 0.25) is 11.1 Å². The standard InChI is InChI=1S/C27H32N6O5S/c1-15-20(24(26(36)37)33-23(15)22(16(2)34)25(33)35)13-38-21-10-6-8-18-17(7-5-9-19(18)21)14-39-27-28-29-30-32(27)12-11-31(3)4/h5-10,15-16,22-23,34H,11-14H2,1-4H3,(H,36,37)/t15-,16+,22+,23+/m0/s1. The van der Waals surface area contributed by atoms with Gasteiger partial charge in [-0.15, -0.1) is 5.10 Å². The number of amides is 1. The number of likely N-dealkylation sites (N-methyl/N-ethyl adjacent to an activating group) is 1. The number of rotatable bonds is 11. The fourth-order valence-corrected chi connectivity index (χ4v) is 6.37. The number of ether oxygens (including phenoxy) is 1. The lowest BCUT2D eigenvalue weighted by atomic mass is 9.78. The van der Waals surface area contributed by atoms with Gasteiger partial charge in [0.15, 0.2) is 0 Å². The fourth-order valence-electron chi connectivity index (χ4n) is 5.46. The third-order valence-corrected chi connectivity index (χ3v) is 8.49. The van der Waals surface area contributed by atoms with Crippen LogP contribution in [0.25, 0.3) is 10.8 Å². The van der Waals surface area contributed by atoms with Crippen molar-refractivity contribution in [3.63, 3.8) is 0 Å². The van der Waals surface area contributed by atoms with Crippen LogP contribution in [-0.2, 0) is 21.9 Å². The number of tetrazole rings is 1. The Morgan fingerprint density at radius 1 is 1.21 bits per heavy atom. The highest BCUT2D eigenvalue weighted by atomic mass is 32.2. The van der Waals surface area contributed by atoms with E-state index >= 15 is 0 Å². The largest absolute Gasteiger partial charge is 0.488 e. The molecular weight excluding hydrogens is 520 g/mol. The van der Waals surface area contributed by atoms with Gasteiger partial charge in [-0.3, -0.25) is 4.79 Å². The molecule has 39 heavy (non-hydrogen) atoms. The number of carbonyl (C=O) groups is 2. The van der Waals surface area contributed by atoms with Gasteiger partial charge < -0.3 is 24.7 Å². The normalized spacial score (nSPS) is 21.4. The molecule has 0 spiro atoms. The Hall–Kier alpha value is -3.48. The highest BCUT2D eigenvalue weighted by Gasteiger charge is 2.59. The quantitative estimate of drug-likeness (QED) is 0.269. The molecular formula is C27H32N6O5S. The summed E-state index contributed by atoms with van der Waals surface area (Å²) in [6.07, 6.45) is -0.844. The number of hydrogen-bond acceptors (Lipinski definition) is 9. The smallest absolute Gasteiger partial charge is 0.352 e. The van der Waals surface area contributed by atoms with E-state index in [0.29, 0.717) is 23.6 Å². The molecule has 2 aliphatic heterocycles. The van der Waals surface area contributed by atoms with Gasteiger partial charge in [-0.1, -0.05) is 49.0 Å². The van der Waals surface area contributed by atoms with Crippen LogP contribution in [-0.4, -0.2) is 91.5 Å². The van der Waals surface area contributed by atoms with Crippen molar-refractivity contribution in [1.29, 1.82) is 0 Å². The summed E-state index contributed by atoms with van der Waals surface area (Å²) in [6.45, 7) is 5.02. The molecule has 2 N–H and O–H groups in total. The number of fused-ring (bicyclic) bond motifs is 2. The van der Waals surface area contributed by atoms with E-state index in [0.717, 1.165) is 28.0 Å². The summed E-state index contributed by atoms with van der Waals surface area (Å²) in [5, 5.41) is 34.8. The Labute approximate surface area is 230 Å². The molecule has 11 nitrogen and oxygen atoms in total. The first-order valence-electron chi connectivity index (χ1n) is 12.8. The number of carboxylic acids is 1. The Balaban J connectivity index is 1.35. The zero-order chi connectivity index (χ0) is 27.8. The minimum Gasteiger partial charge on any atom is -0.488 e. The summed E-state index contributed by atoms with van der Waals surface area (Å²) in [7, 11) is 4.01. The van der Waals surface area contributed by atoms with Crippen LogP contribution >= 0.6 is 11.8 Å². The van der Waals surface area contributed by atoms with Crippen molar-refractivity contribution in [2.45, 2.75) is 43.4 Å². The van der Waals surface area contributed by atoms with Gasteiger partial charge in [-0.05, 0) is 48.5 Å². The Morgan fingerprint density at radius 3 is 2.67 bits per heavy atom. The number of aliphatic hydroxyl groups is 1. The lowest BCUT2D eigenvalue weighted by molar-refractivity contribution is -0.163. The first kappa shape index (κ1) is 27.1. The predicted molar refractivity (Wildman–Crippen MR) is 145 cm³/mol. The molecule has 3 heterocycles. The van der Waals surface area contributed by atoms with E-state index in [9.17, 15) is 19.8 Å². The first-order chi connectivity index (χ1) is 18.7. The number of hydrogen-bond donors (Lipinski definition) is 2. The van der Waals surface area contributed by atoms with Gasteiger partial charge in [0.25, 0.3) is 0 Å². The van der Waals surface area contributed by atoms with Crippen molar-refractivity contribution < 1.29 is 24.5 Å². The zero-order valence-corrected chi connectivity index (χ0v) is 23.1. The monoisotopic (exact) mass is 552 g/mol. The summed E-state index contributed by atoms with van der Waals surface area (Å²) < 4.78 is 8.02. The number of benzene rings is 2. The second-order valence-electron chi connectivity index (χ2n) is 10.3. The Morgan fingerprint density at radius 2 is 1.95 bits per heavy atom. The van der Waals surface area contributed by atoms with Crippen LogP contribution in [0.15, 0.2) is 52.8 Å². The molecule has 5 rings (SSSR count). The lowest BCUT2D eigenvalue weighted by Gasteiger charge is -2.46. The Kier molecular flexibility index (Phi) is 7.61. The molecule has 1 fully saturated rings. The molecule has 0 unspecified atom stereocenters. The second-order valence-corrected chi connectivity index (χ2v) is 11.2. The van der Waals surface area contributed by atoms with Crippen LogP contribution in [0.2, 0.25) is 0 Å². The third-order valence-electron chi connectivity index (χ3n) is 7.49. The number of aliphatic carboxylic acids is 1. The first-order valence-corrected chi connectivity index (χ1v) is 13.8. The molecule has 0 bridgehead atoms. The van der Waals surface area contributed by atoms with E-state index in [2.05, 4.69) is 26.5 Å². The summed E-state index contributed by atoms with van der Waals surface area (Å²) >= 11 is 1.56. The van der Waals surface area contributed by atoms with Gasteiger partial charge in [-0.2, -0.15) is 0 Å². The molecule has 206 valence electrons.